The zero-order chi connectivity index (χ0) is 14.5. The summed E-state index contributed by atoms with van der Waals surface area (Å²) in [4.78, 5) is 14.1. The van der Waals surface area contributed by atoms with Crippen molar-refractivity contribution in [3.63, 3.8) is 0 Å². The number of hydrogen-bond acceptors (Lipinski definition) is 4. The maximum Gasteiger partial charge on any atom is 0.235 e. The van der Waals surface area contributed by atoms with Crippen LogP contribution >= 0.6 is 0 Å². The fraction of sp³-hybridized carbons (Fsp3) is 0.857. The van der Waals surface area contributed by atoms with Gasteiger partial charge in [0.1, 0.15) is 5.54 Å². The zero-order valence-electron chi connectivity index (χ0n) is 12.4. The van der Waals surface area contributed by atoms with Crippen molar-refractivity contribution in [2.45, 2.75) is 45.3 Å². The maximum absolute atomic E-state index is 12.0. The van der Waals surface area contributed by atoms with Gasteiger partial charge in [0.05, 0.1) is 18.7 Å². The first-order valence-corrected chi connectivity index (χ1v) is 6.88. The molecule has 5 nitrogen and oxygen atoms in total. The van der Waals surface area contributed by atoms with Gasteiger partial charge in [-0.2, -0.15) is 5.26 Å². The summed E-state index contributed by atoms with van der Waals surface area (Å²) in [5, 5.41) is 12.0. The van der Waals surface area contributed by atoms with Crippen LogP contribution in [0.2, 0.25) is 0 Å². The van der Waals surface area contributed by atoms with Gasteiger partial charge in [-0.05, 0) is 25.7 Å². The molecule has 108 valence electrons. The Morgan fingerprint density at radius 1 is 1.53 bits per heavy atom. The van der Waals surface area contributed by atoms with E-state index < -0.39 is 5.54 Å². The molecular weight excluding hydrogens is 242 g/mol. The number of methoxy groups -OCH3 is 1. The van der Waals surface area contributed by atoms with Crippen LogP contribution in [0.5, 0.6) is 0 Å². The van der Waals surface area contributed by atoms with Gasteiger partial charge in [-0.1, -0.05) is 13.8 Å². The Bertz CT molecular complexity index is 343. The van der Waals surface area contributed by atoms with Crippen LogP contribution in [0.15, 0.2) is 0 Å². The molecule has 0 aromatic rings. The molecule has 1 amide bonds. The number of carbonyl (C=O) groups is 1. The van der Waals surface area contributed by atoms with Crippen LogP contribution in [-0.2, 0) is 9.53 Å². The van der Waals surface area contributed by atoms with E-state index in [1.54, 1.807) is 14.0 Å². The Labute approximate surface area is 115 Å². The normalized spacial score (nSPS) is 20.8. The minimum absolute atomic E-state index is 0.0754. The van der Waals surface area contributed by atoms with Gasteiger partial charge in [0.25, 0.3) is 0 Å². The van der Waals surface area contributed by atoms with Crippen LogP contribution in [0, 0.1) is 17.2 Å². The van der Waals surface area contributed by atoms with Crippen LogP contribution in [-0.4, -0.2) is 49.2 Å². The Kier molecular flexibility index (Phi) is 5.77. The Morgan fingerprint density at radius 3 is 2.53 bits per heavy atom. The van der Waals surface area contributed by atoms with Gasteiger partial charge in [-0.25, -0.2) is 0 Å². The van der Waals surface area contributed by atoms with Crippen molar-refractivity contribution in [3.05, 3.63) is 0 Å². The number of rotatable bonds is 5. The molecule has 1 unspecified atom stereocenters. The average molecular weight is 267 g/mol. The number of ether oxygens (including phenoxy) is 1. The highest BCUT2D eigenvalue weighted by Gasteiger charge is 2.30. The SMILES string of the molecule is COC1CCN(CC(=O)NC(C)(C#N)C(C)C)CC1. The monoisotopic (exact) mass is 267 g/mol. The van der Waals surface area contributed by atoms with E-state index in [-0.39, 0.29) is 11.8 Å². The molecule has 0 aliphatic carbocycles. The molecule has 0 aromatic heterocycles. The van der Waals surface area contributed by atoms with E-state index in [1.807, 2.05) is 13.8 Å². The average Bonchev–Trinajstić information content (AvgIpc) is 2.39. The van der Waals surface area contributed by atoms with Gasteiger partial charge in [0.15, 0.2) is 0 Å². The van der Waals surface area contributed by atoms with Crippen molar-refractivity contribution in [1.82, 2.24) is 10.2 Å². The highest BCUT2D eigenvalue weighted by molar-refractivity contribution is 5.79. The molecular formula is C14H25N3O2. The highest BCUT2D eigenvalue weighted by Crippen LogP contribution is 2.16. The predicted molar refractivity (Wildman–Crippen MR) is 73.5 cm³/mol. The van der Waals surface area contributed by atoms with Crippen molar-refractivity contribution in [2.24, 2.45) is 5.92 Å². The van der Waals surface area contributed by atoms with Crippen LogP contribution in [0.4, 0.5) is 0 Å². The van der Waals surface area contributed by atoms with Crippen molar-refractivity contribution >= 4 is 5.91 Å². The summed E-state index contributed by atoms with van der Waals surface area (Å²) >= 11 is 0. The number of nitrogens with one attached hydrogen (secondary N) is 1. The molecule has 1 saturated heterocycles. The first-order valence-electron chi connectivity index (χ1n) is 6.88. The van der Waals surface area contributed by atoms with Gasteiger partial charge in [-0.3, -0.25) is 9.69 Å². The Balaban J connectivity index is 2.42. The van der Waals surface area contributed by atoms with Crippen LogP contribution in [0.25, 0.3) is 0 Å². The third-order valence-corrected chi connectivity index (χ3v) is 4.02. The van der Waals surface area contributed by atoms with Crippen LogP contribution in [0.1, 0.15) is 33.6 Å². The molecule has 1 N–H and O–H groups in total. The molecule has 1 fully saturated rings. The topological polar surface area (TPSA) is 65.4 Å². The third kappa shape index (κ3) is 4.48. The third-order valence-electron chi connectivity index (χ3n) is 4.02. The fourth-order valence-electron chi connectivity index (χ4n) is 2.14. The summed E-state index contributed by atoms with van der Waals surface area (Å²) < 4.78 is 5.30. The molecule has 1 aliphatic heterocycles. The molecule has 0 bridgehead atoms. The minimum Gasteiger partial charge on any atom is -0.381 e. The molecule has 1 rings (SSSR count). The zero-order valence-corrected chi connectivity index (χ0v) is 12.4. The lowest BCUT2D eigenvalue weighted by Gasteiger charge is -2.32. The minimum atomic E-state index is -0.790. The number of amides is 1. The molecule has 1 atom stereocenters. The van der Waals surface area contributed by atoms with E-state index >= 15 is 0 Å². The summed E-state index contributed by atoms with van der Waals surface area (Å²) in [6.45, 7) is 7.75. The number of hydrogen-bond donors (Lipinski definition) is 1. The molecule has 0 spiro atoms. The number of nitrogens with zero attached hydrogens (tertiary/aromatic N) is 2. The van der Waals surface area contributed by atoms with Gasteiger partial charge < -0.3 is 10.1 Å². The van der Waals surface area contributed by atoms with Gasteiger partial charge in [-0.15, -0.1) is 0 Å². The predicted octanol–water partition coefficient (Wildman–Crippen LogP) is 1.15. The molecule has 5 heteroatoms. The summed E-state index contributed by atoms with van der Waals surface area (Å²) in [5.74, 6) is 0.00861. The van der Waals surface area contributed by atoms with E-state index in [1.165, 1.54) is 0 Å². The molecule has 0 saturated carbocycles. The van der Waals surface area contributed by atoms with E-state index in [0.29, 0.717) is 12.6 Å². The molecule has 1 aliphatic rings. The fourth-order valence-corrected chi connectivity index (χ4v) is 2.14. The standard InChI is InChI=1S/C14H25N3O2/c1-11(2)14(3,10-15)16-13(18)9-17-7-5-12(19-4)6-8-17/h11-12H,5-9H2,1-4H3,(H,16,18). The second kappa shape index (κ2) is 6.88. The Hall–Kier alpha value is -1.12. The second-order valence-corrected chi connectivity index (χ2v) is 5.73. The van der Waals surface area contributed by atoms with E-state index in [9.17, 15) is 10.1 Å². The van der Waals surface area contributed by atoms with Gasteiger partial charge in [0, 0.05) is 20.2 Å². The lowest BCUT2D eigenvalue weighted by Crippen LogP contribution is -2.52. The van der Waals surface area contributed by atoms with Crippen molar-refractivity contribution in [3.8, 4) is 6.07 Å². The number of likely N-dealkylation sites (tertiary alicyclic amines) is 1. The first kappa shape index (κ1) is 15.9. The molecule has 0 radical (unpaired) electrons. The lowest BCUT2D eigenvalue weighted by atomic mass is 9.90. The number of piperidine rings is 1. The molecule has 0 aromatic carbocycles. The second-order valence-electron chi connectivity index (χ2n) is 5.73. The maximum atomic E-state index is 12.0. The number of nitriles is 1. The van der Waals surface area contributed by atoms with E-state index in [4.69, 9.17) is 4.74 Å². The summed E-state index contributed by atoms with van der Waals surface area (Å²) in [7, 11) is 1.73. The molecule has 1 heterocycles. The van der Waals surface area contributed by atoms with Crippen molar-refractivity contribution < 1.29 is 9.53 Å². The molecule has 19 heavy (non-hydrogen) atoms. The first-order chi connectivity index (χ1) is 8.91. The summed E-state index contributed by atoms with van der Waals surface area (Å²) in [6.07, 6.45) is 2.24. The van der Waals surface area contributed by atoms with Crippen LogP contribution in [0.3, 0.4) is 0 Å². The van der Waals surface area contributed by atoms with E-state index in [2.05, 4.69) is 16.3 Å². The number of carbonyl (C=O) groups excluding carboxylic acids is 1. The summed E-state index contributed by atoms with van der Waals surface area (Å²) in [5.41, 5.74) is -0.790. The summed E-state index contributed by atoms with van der Waals surface area (Å²) in [6, 6.07) is 2.19. The van der Waals surface area contributed by atoms with Crippen molar-refractivity contribution in [1.29, 1.82) is 5.26 Å². The van der Waals surface area contributed by atoms with E-state index in [0.717, 1.165) is 25.9 Å². The van der Waals surface area contributed by atoms with Crippen LogP contribution < -0.4 is 5.32 Å². The van der Waals surface area contributed by atoms with Gasteiger partial charge >= 0.3 is 0 Å². The highest BCUT2D eigenvalue weighted by atomic mass is 16.5. The Morgan fingerprint density at radius 2 is 2.11 bits per heavy atom. The smallest absolute Gasteiger partial charge is 0.235 e. The quantitative estimate of drug-likeness (QED) is 0.811. The van der Waals surface area contributed by atoms with Gasteiger partial charge in [0.2, 0.25) is 5.91 Å². The van der Waals surface area contributed by atoms with Crippen molar-refractivity contribution in [2.75, 3.05) is 26.7 Å². The lowest BCUT2D eigenvalue weighted by molar-refractivity contribution is -0.124. The largest absolute Gasteiger partial charge is 0.381 e.